The molecule has 0 spiro atoms. The number of fused-ring (bicyclic) bond motifs is 1. The molecule has 2 N–H and O–H groups in total. The number of ether oxygens (including phenoxy) is 5. The Morgan fingerprint density at radius 2 is 1.71 bits per heavy atom. The van der Waals surface area contributed by atoms with E-state index in [9.17, 15) is 14.2 Å². The van der Waals surface area contributed by atoms with Gasteiger partial charge in [-0.05, 0) is 40.0 Å². The predicted octanol–water partition coefficient (Wildman–Crippen LogP) is 3.82. The van der Waals surface area contributed by atoms with Crippen molar-refractivity contribution >= 4 is 37.0 Å². The molecule has 2 unspecified atom stereocenters. The Bertz CT molecular complexity index is 1130. The van der Waals surface area contributed by atoms with Gasteiger partial charge in [-0.1, -0.05) is 13.3 Å². The molecule has 1 fully saturated rings. The van der Waals surface area contributed by atoms with Crippen LogP contribution in [0.4, 0.5) is 15.5 Å². The zero-order valence-corrected chi connectivity index (χ0v) is 22.9. The number of nitrogens with two attached hydrogens (primary N) is 1. The second kappa shape index (κ2) is 12.7. The normalized spacial score (nSPS) is 19.1. The molecule has 1 saturated carbocycles. The van der Waals surface area contributed by atoms with E-state index in [1.807, 2.05) is 6.92 Å². The van der Waals surface area contributed by atoms with E-state index in [0.29, 0.717) is 24.1 Å². The summed E-state index contributed by atoms with van der Waals surface area (Å²) in [7, 11) is -4.10. The standard InChI is InChI=1S/C22H34N5O10P/c1-6-16-7-22(16,9-27-10-25-17-8-24-19(23)26-18(17)27)33-13-38(30,34-11-31-20(28)36-14(2)3)35-12-32-21(29)37-15(4)5/h8,10,14-16H,6-7,9,11-13H2,1-5H3,(H2,23,24,26). The number of imidazole rings is 1. The molecule has 0 saturated heterocycles. The lowest BCUT2D eigenvalue weighted by Gasteiger charge is -2.24. The highest BCUT2D eigenvalue weighted by atomic mass is 31.2. The summed E-state index contributed by atoms with van der Waals surface area (Å²) in [4.78, 5) is 35.8. The Morgan fingerprint density at radius 1 is 1.11 bits per heavy atom. The molecule has 0 amide bonds. The minimum absolute atomic E-state index is 0.107. The van der Waals surface area contributed by atoms with Gasteiger partial charge in [-0.25, -0.2) is 19.6 Å². The van der Waals surface area contributed by atoms with E-state index in [1.165, 1.54) is 6.20 Å². The largest absolute Gasteiger partial charge is 0.510 e. The maximum Gasteiger partial charge on any atom is 0.510 e. The van der Waals surface area contributed by atoms with Crippen LogP contribution in [0.5, 0.6) is 0 Å². The van der Waals surface area contributed by atoms with Crippen LogP contribution in [0.1, 0.15) is 47.5 Å². The fourth-order valence-corrected chi connectivity index (χ4v) is 4.71. The van der Waals surface area contributed by atoms with Crippen molar-refractivity contribution in [3.63, 3.8) is 0 Å². The number of nitrogens with zero attached hydrogens (tertiary/aromatic N) is 4. The van der Waals surface area contributed by atoms with Gasteiger partial charge in [0.05, 0.1) is 36.9 Å². The summed E-state index contributed by atoms with van der Waals surface area (Å²) < 4.78 is 51.2. The number of hydrogen-bond donors (Lipinski definition) is 1. The first-order valence-electron chi connectivity index (χ1n) is 12.1. The number of nitrogen functional groups attached to an aromatic ring is 1. The molecule has 15 nitrogen and oxygen atoms in total. The molecule has 0 aromatic carbocycles. The van der Waals surface area contributed by atoms with Crippen molar-refractivity contribution < 1.29 is 46.9 Å². The monoisotopic (exact) mass is 559 g/mol. The number of hydrogen-bond acceptors (Lipinski definition) is 14. The van der Waals surface area contributed by atoms with Crippen LogP contribution in [0.2, 0.25) is 0 Å². The van der Waals surface area contributed by atoms with Crippen LogP contribution in [0.3, 0.4) is 0 Å². The van der Waals surface area contributed by atoms with Gasteiger partial charge in [0.15, 0.2) is 5.65 Å². The highest BCUT2D eigenvalue weighted by Crippen LogP contribution is 2.55. The van der Waals surface area contributed by atoms with E-state index >= 15 is 0 Å². The van der Waals surface area contributed by atoms with Crippen LogP contribution < -0.4 is 5.73 Å². The molecule has 212 valence electrons. The van der Waals surface area contributed by atoms with Crippen molar-refractivity contribution in [2.75, 3.05) is 25.7 Å². The van der Waals surface area contributed by atoms with Crippen LogP contribution in [0, 0.1) is 5.92 Å². The van der Waals surface area contributed by atoms with E-state index in [-0.39, 0.29) is 11.9 Å². The predicted molar refractivity (Wildman–Crippen MR) is 132 cm³/mol. The van der Waals surface area contributed by atoms with E-state index in [2.05, 4.69) is 15.0 Å². The molecule has 0 aliphatic heterocycles. The van der Waals surface area contributed by atoms with Gasteiger partial charge in [0, 0.05) is 0 Å². The Balaban J connectivity index is 1.68. The maximum absolute atomic E-state index is 13.5. The van der Waals surface area contributed by atoms with Crippen LogP contribution in [0.15, 0.2) is 12.5 Å². The minimum Gasteiger partial charge on any atom is -0.432 e. The molecule has 0 bridgehead atoms. The Hall–Kier alpha value is -3.00. The lowest BCUT2D eigenvalue weighted by Crippen LogP contribution is -2.26. The summed E-state index contributed by atoms with van der Waals surface area (Å²) in [5.74, 6) is 0.248. The quantitative estimate of drug-likeness (QED) is 0.200. The van der Waals surface area contributed by atoms with Gasteiger partial charge >= 0.3 is 19.9 Å². The second-order valence-electron chi connectivity index (χ2n) is 9.18. The lowest BCUT2D eigenvalue weighted by atomic mass is 10.2. The van der Waals surface area contributed by atoms with Gasteiger partial charge in [-0.3, -0.25) is 13.6 Å². The number of rotatable bonds is 14. The van der Waals surface area contributed by atoms with Gasteiger partial charge in [0.25, 0.3) is 0 Å². The Morgan fingerprint density at radius 3 is 2.24 bits per heavy atom. The molecule has 2 heterocycles. The molecule has 1 aliphatic carbocycles. The first kappa shape index (κ1) is 29.6. The summed E-state index contributed by atoms with van der Waals surface area (Å²) in [5.41, 5.74) is 6.11. The molecule has 0 radical (unpaired) electrons. The van der Waals surface area contributed by atoms with Gasteiger partial charge < -0.3 is 34.0 Å². The lowest BCUT2D eigenvalue weighted by molar-refractivity contribution is -0.0408. The summed E-state index contributed by atoms with van der Waals surface area (Å²) in [6.07, 6.45) is 1.20. The van der Waals surface area contributed by atoms with Crippen molar-refractivity contribution in [1.29, 1.82) is 0 Å². The molecule has 2 atom stereocenters. The molecule has 1 aliphatic rings. The van der Waals surface area contributed by atoms with Gasteiger partial charge in [-0.2, -0.15) is 4.98 Å². The van der Waals surface area contributed by atoms with E-state index in [0.717, 1.165) is 6.42 Å². The molecule has 38 heavy (non-hydrogen) atoms. The third kappa shape index (κ3) is 8.25. The molecule has 2 aromatic heterocycles. The molecule has 3 rings (SSSR count). The van der Waals surface area contributed by atoms with Crippen LogP contribution in [0.25, 0.3) is 11.2 Å². The number of anilines is 1. The number of aromatic nitrogens is 4. The zero-order valence-electron chi connectivity index (χ0n) is 22.0. The smallest absolute Gasteiger partial charge is 0.432 e. The summed E-state index contributed by atoms with van der Waals surface area (Å²) in [6, 6.07) is 0. The van der Waals surface area contributed by atoms with Crippen molar-refractivity contribution in [3.05, 3.63) is 12.5 Å². The van der Waals surface area contributed by atoms with E-state index < -0.39 is 57.6 Å². The molecular weight excluding hydrogens is 525 g/mol. The van der Waals surface area contributed by atoms with E-state index in [4.69, 9.17) is 38.5 Å². The average molecular weight is 560 g/mol. The fourth-order valence-electron chi connectivity index (χ4n) is 3.65. The molecule has 2 aromatic rings. The number of carbonyl (C=O) groups excluding carboxylic acids is 2. The Labute approximate surface area is 219 Å². The van der Waals surface area contributed by atoms with Crippen LogP contribution in [-0.4, -0.2) is 69.6 Å². The van der Waals surface area contributed by atoms with Crippen molar-refractivity contribution in [2.24, 2.45) is 5.92 Å². The summed E-state index contributed by atoms with van der Waals surface area (Å²) in [5, 5.41) is 0. The van der Waals surface area contributed by atoms with E-state index in [1.54, 1.807) is 38.6 Å². The first-order valence-corrected chi connectivity index (χ1v) is 13.8. The average Bonchev–Trinajstić information content (AvgIpc) is 3.39. The van der Waals surface area contributed by atoms with Gasteiger partial charge in [-0.15, -0.1) is 0 Å². The molecule has 16 heteroatoms. The van der Waals surface area contributed by atoms with Crippen LogP contribution >= 0.6 is 7.60 Å². The first-order chi connectivity index (χ1) is 17.9. The SMILES string of the molecule is CCC1CC1(Cn1cnc2cnc(N)nc21)OCP(=O)(OCOC(=O)OC(C)C)OCOC(=O)OC(C)C. The highest BCUT2D eigenvalue weighted by Gasteiger charge is 2.56. The zero-order chi connectivity index (χ0) is 27.9. The maximum atomic E-state index is 13.5. The third-order valence-corrected chi connectivity index (χ3v) is 6.95. The summed E-state index contributed by atoms with van der Waals surface area (Å²) >= 11 is 0. The van der Waals surface area contributed by atoms with Crippen molar-refractivity contribution in [3.8, 4) is 0 Å². The van der Waals surface area contributed by atoms with Gasteiger partial charge in [0.2, 0.25) is 19.5 Å². The minimum atomic E-state index is -4.10. The number of carbonyl (C=O) groups is 2. The fraction of sp³-hybridized carbons (Fsp3) is 0.682. The highest BCUT2D eigenvalue weighted by molar-refractivity contribution is 7.53. The van der Waals surface area contributed by atoms with Crippen molar-refractivity contribution in [1.82, 2.24) is 19.5 Å². The van der Waals surface area contributed by atoms with Crippen molar-refractivity contribution in [2.45, 2.75) is 71.8 Å². The molecular formula is C22H34N5O10P. The van der Waals surface area contributed by atoms with Gasteiger partial charge in [0.1, 0.15) is 11.9 Å². The summed E-state index contributed by atoms with van der Waals surface area (Å²) in [6.45, 7) is 7.43. The van der Waals surface area contributed by atoms with Crippen LogP contribution in [-0.2, 0) is 43.8 Å². The topological polar surface area (TPSA) is 185 Å². The second-order valence-corrected chi connectivity index (χ2v) is 11.2. The third-order valence-electron chi connectivity index (χ3n) is 5.51. The Kier molecular flexibility index (Phi) is 9.88.